The van der Waals surface area contributed by atoms with Crippen LogP contribution >= 0.6 is 15.9 Å². The number of benzene rings is 1. The van der Waals surface area contributed by atoms with Crippen LogP contribution in [0.5, 0.6) is 0 Å². The quantitative estimate of drug-likeness (QED) is 0.835. The first-order chi connectivity index (χ1) is 9.51. The average molecular weight is 340 g/mol. The molecule has 0 unspecified atom stereocenters. The lowest BCUT2D eigenvalue weighted by Gasteiger charge is -2.10. The summed E-state index contributed by atoms with van der Waals surface area (Å²) in [6.45, 7) is 2.76. The smallest absolute Gasteiger partial charge is 0.272 e. The van der Waals surface area contributed by atoms with Gasteiger partial charge in [-0.2, -0.15) is 0 Å². The number of aryl methyl sites for hydroxylation is 1. The molecule has 0 spiro atoms. The van der Waals surface area contributed by atoms with E-state index in [4.69, 9.17) is 5.73 Å². The lowest BCUT2D eigenvalue weighted by Crippen LogP contribution is -2.17. The second kappa shape index (κ2) is 6.09. The van der Waals surface area contributed by atoms with Gasteiger partial charge in [-0.15, -0.1) is 0 Å². The van der Waals surface area contributed by atoms with Crippen LogP contribution in [0.1, 0.15) is 23.8 Å². The SMILES string of the molecule is CCCn1cc(Br)cc1C(=O)Nc1cc(F)ccc1N. The molecule has 3 N–H and O–H groups in total. The molecule has 0 atom stereocenters. The van der Waals surface area contributed by atoms with Gasteiger partial charge in [0.05, 0.1) is 11.4 Å². The molecule has 6 heteroatoms. The highest BCUT2D eigenvalue weighted by Gasteiger charge is 2.14. The van der Waals surface area contributed by atoms with Gasteiger partial charge in [0.2, 0.25) is 0 Å². The van der Waals surface area contributed by atoms with Gasteiger partial charge in [0.25, 0.3) is 5.91 Å². The molecule has 20 heavy (non-hydrogen) atoms. The van der Waals surface area contributed by atoms with Crippen molar-refractivity contribution in [1.82, 2.24) is 4.57 Å². The zero-order chi connectivity index (χ0) is 14.7. The van der Waals surface area contributed by atoms with E-state index < -0.39 is 5.82 Å². The van der Waals surface area contributed by atoms with Crippen LogP contribution in [0.15, 0.2) is 34.9 Å². The molecule has 1 amide bonds. The Morgan fingerprint density at radius 3 is 2.90 bits per heavy atom. The summed E-state index contributed by atoms with van der Waals surface area (Å²) >= 11 is 3.35. The predicted molar refractivity (Wildman–Crippen MR) is 81.2 cm³/mol. The summed E-state index contributed by atoms with van der Waals surface area (Å²) in [5.41, 5.74) is 6.82. The summed E-state index contributed by atoms with van der Waals surface area (Å²) in [4.78, 5) is 12.3. The maximum atomic E-state index is 13.2. The Kier molecular flexibility index (Phi) is 4.44. The van der Waals surface area contributed by atoms with Crippen LogP contribution in [0.4, 0.5) is 15.8 Å². The number of nitrogen functional groups attached to an aromatic ring is 1. The number of hydrogen-bond acceptors (Lipinski definition) is 2. The third-order valence-electron chi connectivity index (χ3n) is 2.82. The fourth-order valence-electron chi connectivity index (χ4n) is 1.91. The Morgan fingerprint density at radius 1 is 1.45 bits per heavy atom. The number of anilines is 2. The summed E-state index contributed by atoms with van der Waals surface area (Å²) in [6, 6.07) is 5.60. The minimum absolute atomic E-state index is 0.273. The van der Waals surface area contributed by atoms with Gasteiger partial charge in [-0.3, -0.25) is 4.79 Å². The third kappa shape index (κ3) is 3.19. The fourth-order valence-corrected chi connectivity index (χ4v) is 2.38. The Hall–Kier alpha value is -1.82. The van der Waals surface area contributed by atoms with Crippen molar-refractivity contribution in [2.24, 2.45) is 0 Å². The van der Waals surface area contributed by atoms with E-state index in [2.05, 4.69) is 21.2 Å². The zero-order valence-electron chi connectivity index (χ0n) is 11.0. The van der Waals surface area contributed by atoms with Crippen molar-refractivity contribution in [2.45, 2.75) is 19.9 Å². The Balaban J connectivity index is 2.26. The van der Waals surface area contributed by atoms with E-state index in [0.717, 1.165) is 17.4 Å². The van der Waals surface area contributed by atoms with Crippen molar-refractivity contribution in [3.63, 3.8) is 0 Å². The van der Waals surface area contributed by atoms with Gasteiger partial charge in [-0.1, -0.05) is 6.92 Å². The number of rotatable bonds is 4. The number of nitrogens with two attached hydrogens (primary N) is 1. The van der Waals surface area contributed by atoms with E-state index in [9.17, 15) is 9.18 Å². The number of halogens is 2. The summed E-state index contributed by atoms with van der Waals surface area (Å²) in [5, 5.41) is 2.63. The Bertz CT molecular complexity index is 639. The van der Waals surface area contributed by atoms with Gasteiger partial charge in [0.1, 0.15) is 11.5 Å². The van der Waals surface area contributed by atoms with Crippen molar-refractivity contribution in [1.29, 1.82) is 0 Å². The first kappa shape index (κ1) is 14.6. The van der Waals surface area contributed by atoms with E-state index in [0.29, 0.717) is 11.4 Å². The third-order valence-corrected chi connectivity index (χ3v) is 3.26. The molecule has 0 saturated heterocycles. The second-order valence-electron chi connectivity index (χ2n) is 4.42. The molecule has 4 nitrogen and oxygen atoms in total. The van der Waals surface area contributed by atoms with E-state index >= 15 is 0 Å². The molecule has 0 aliphatic heterocycles. The van der Waals surface area contributed by atoms with Gasteiger partial charge in [0.15, 0.2) is 0 Å². The highest BCUT2D eigenvalue weighted by molar-refractivity contribution is 9.10. The lowest BCUT2D eigenvalue weighted by molar-refractivity contribution is 0.101. The predicted octanol–water partition coefficient (Wildman–Crippen LogP) is 3.63. The lowest BCUT2D eigenvalue weighted by atomic mass is 10.2. The summed E-state index contributed by atoms with van der Waals surface area (Å²) in [5.74, 6) is -0.763. The highest BCUT2D eigenvalue weighted by Crippen LogP contribution is 2.22. The van der Waals surface area contributed by atoms with Crippen molar-refractivity contribution in [3.8, 4) is 0 Å². The van der Waals surface area contributed by atoms with E-state index in [1.165, 1.54) is 18.2 Å². The molecule has 106 valence electrons. The molecule has 0 aliphatic rings. The number of nitrogens with zero attached hydrogens (tertiary/aromatic N) is 1. The summed E-state index contributed by atoms with van der Waals surface area (Å²) in [6.07, 6.45) is 2.75. The molecule has 0 saturated carbocycles. The number of carbonyl (C=O) groups is 1. The first-order valence-corrected chi connectivity index (χ1v) is 7.02. The van der Waals surface area contributed by atoms with Gasteiger partial charge in [-0.25, -0.2) is 4.39 Å². The van der Waals surface area contributed by atoms with Crippen LogP contribution in [-0.4, -0.2) is 10.5 Å². The molecule has 2 rings (SSSR count). The van der Waals surface area contributed by atoms with E-state index in [-0.39, 0.29) is 11.6 Å². The van der Waals surface area contributed by atoms with E-state index in [1.807, 2.05) is 17.7 Å². The zero-order valence-corrected chi connectivity index (χ0v) is 12.6. The molecule has 0 bridgehead atoms. The normalized spacial score (nSPS) is 10.6. The number of nitrogens with one attached hydrogen (secondary N) is 1. The Labute approximate surface area is 124 Å². The molecule has 2 aromatic rings. The molecule has 0 aliphatic carbocycles. The van der Waals surface area contributed by atoms with Crippen LogP contribution in [-0.2, 0) is 6.54 Å². The molecular formula is C14H15BrFN3O. The fraction of sp³-hybridized carbons (Fsp3) is 0.214. The monoisotopic (exact) mass is 339 g/mol. The maximum absolute atomic E-state index is 13.2. The summed E-state index contributed by atoms with van der Waals surface area (Å²) < 4.78 is 15.8. The van der Waals surface area contributed by atoms with Crippen molar-refractivity contribution in [2.75, 3.05) is 11.1 Å². The minimum Gasteiger partial charge on any atom is -0.397 e. The first-order valence-electron chi connectivity index (χ1n) is 6.23. The van der Waals surface area contributed by atoms with Crippen LogP contribution < -0.4 is 11.1 Å². The molecular weight excluding hydrogens is 325 g/mol. The molecule has 1 aromatic heterocycles. The summed E-state index contributed by atoms with van der Waals surface area (Å²) in [7, 11) is 0. The van der Waals surface area contributed by atoms with Gasteiger partial charge >= 0.3 is 0 Å². The minimum atomic E-state index is -0.445. The highest BCUT2D eigenvalue weighted by atomic mass is 79.9. The number of hydrogen-bond donors (Lipinski definition) is 2. The molecule has 0 fully saturated rings. The van der Waals surface area contributed by atoms with Gasteiger partial charge in [0, 0.05) is 17.2 Å². The Morgan fingerprint density at radius 2 is 2.20 bits per heavy atom. The topological polar surface area (TPSA) is 60.0 Å². The number of carbonyl (C=O) groups excluding carboxylic acids is 1. The van der Waals surface area contributed by atoms with Gasteiger partial charge < -0.3 is 15.6 Å². The van der Waals surface area contributed by atoms with Crippen LogP contribution in [0.3, 0.4) is 0 Å². The molecule has 1 heterocycles. The van der Waals surface area contributed by atoms with Crippen LogP contribution in [0.25, 0.3) is 0 Å². The number of aromatic nitrogens is 1. The average Bonchev–Trinajstić information content (AvgIpc) is 2.75. The maximum Gasteiger partial charge on any atom is 0.272 e. The van der Waals surface area contributed by atoms with Gasteiger partial charge in [-0.05, 0) is 46.6 Å². The molecule has 0 radical (unpaired) electrons. The second-order valence-corrected chi connectivity index (χ2v) is 5.34. The van der Waals surface area contributed by atoms with Crippen molar-refractivity contribution in [3.05, 3.63) is 46.4 Å². The standard InChI is InChI=1S/C14H15BrFN3O/c1-2-5-19-8-9(15)6-13(19)14(20)18-12-7-10(16)3-4-11(12)17/h3-4,6-8H,2,5,17H2,1H3,(H,18,20). The largest absolute Gasteiger partial charge is 0.397 e. The van der Waals surface area contributed by atoms with Crippen LogP contribution in [0.2, 0.25) is 0 Å². The van der Waals surface area contributed by atoms with Crippen LogP contribution in [0, 0.1) is 5.82 Å². The van der Waals surface area contributed by atoms with Crippen molar-refractivity contribution < 1.29 is 9.18 Å². The number of amides is 1. The van der Waals surface area contributed by atoms with Crippen molar-refractivity contribution >= 4 is 33.2 Å². The molecule has 1 aromatic carbocycles. The van der Waals surface area contributed by atoms with E-state index in [1.54, 1.807) is 6.07 Å².